The van der Waals surface area contributed by atoms with Crippen molar-refractivity contribution in [3.05, 3.63) is 24.3 Å². The monoisotopic (exact) mass is 332 g/mol. The van der Waals surface area contributed by atoms with Crippen LogP contribution < -0.4 is 10.1 Å². The van der Waals surface area contributed by atoms with Gasteiger partial charge in [-0.3, -0.25) is 9.59 Å². The van der Waals surface area contributed by atoms with Gasteiger partial charge in [0, 0.05) is 36.7 Å². The van der Waals surface area contributed by atoms with Gasteiger partial charge in [0.15, 0.2) is 0 Å². The van der Waals surface area contributed by atoms with Crippen molar-refractivity contribution in [1.82, 2.24) is 4.90 Å². The van der Waals surface area contributed by atoms with Crippen molar-refractivity contribution < 1.29 is 14.3 Å². The molecule has 1 fully saturated rings. The molecule has 5 nitrogen and oxygen atoms in total. The third kappa shape index (κ3) is 4.49. The Balaban J connectivity index is 1.87. The summed E-state index contributed by atoms with van der Waals surface area (Å²) in [5.41, 5.74) is 0.745. The zero-order valence-electron chi connectivity index (χ0n) is 14.9. The summed E-state index contributed by atoms with van der Waals surface area (Å²) in [6, 6.07) is 7.36. The lowest BCUT2D eigenvalue weighted by atomic mass is 9.93. The van der Waals surface area contributed by atoms with E-state index >= 15 is 0 Å². The molecule has 24 heavy (non-hydrogen) atoms. The second kappa shape index (κ2) is 8.71. The zero-order chi connectivity index (χ0) is 17.5. The van der Waals surface area contributed by atoms with Crippen molar-refractivity contribution >= 4 is 17.5 Å². The van der Waals surface area contributed by atoms with Crippen molar-refractivity contribution in [2.45, 2.75) is 39.5 Å². The molecule has 1 saturated heterocycles. The Hall–Kier alpha value is -2.04. The maximum absolute atomic E-state index is 12.4. The van der Waals surface area contributed by atoms with Crippen molar-refractivity contribution in [2.24, 2.45) is 11.8 Å². The topological polar surface area (TPSA) is 58.6 Å². The molecule has 1 aromatic rings. The number of hydrogen-bond acceptors (Lipinski definition) is 3. The molecule has 0 unspecified atom stereocenters. The molecule has 1 N–H and O–H groups in total. The first-order valence-corrected chi connectivity index (χ1v) is 8.82. The Kier molecular flexibility index (Phi) is 6.64. The Labute approximate surface area is 144 Å². The lowest BCUT2D eigenvalue weighted by Crippen LogP contribution is -2.43. The minimum absolute atomic E-state index is 0.0258. The minimum atomic E-state index is -0.0399. The minimum Gasteiger partial charge on any atom is -0.497 e. The molecule has 0 aliphatic carbocycles. The van der Waals surface area contributed by atoms with Gasteiger partial charge in [0.25, 0.3) is 0 Å². The molecule has 2 rings (SSSR count). The fraction of sp³-hybridized carbons (Fsp3) is 0.579. The van der Waals surface area contributed by atoms with Gasteiger partial charge in [-0.05, 0) is 37.8 Å². The number of nitrogens with zero attached hydrogens (tertiary/aromatic N) is 1. The molecular formula is C19H28N2O3. The Morgan fingerprint density at radius 2 is 1.92 bits per heavy atom. The summed E-state index contributed by atoms with van der Waals surface area (Å²) in [4.78, 5) is 26.8. The van der Waals surface area contributed by atoms with Crippen molar-refractivity contribution in [3.63, 3.8) is 0 Å². The van der Waals surface area contributed by atoms with E-state index in [1.54, 1.807) is 7.11 Å². The number of carbonyl (C=O) groups is 2. The van der Waals surface area contributed by atoms with Crippen molar-refractivity contribution in [2.75, 3.05) is 25.5 Å². The summed E-state index contributed by atoms with van der Waals surface area (Å²) < 4.78 is 5.17. The van der Waals surface area contributed by atoms with Gasteiger partial charge in [0.05, 0.1) is 7.11 Å². The predicted octanol–water partition coefficient (Wildman–Crippen LogP) is 3.31. The molecule has 0 spiro atoms. The molecule has 132 valence electrons. The van der Waals surface area contributed by atoms with Crippen LogP contribution in [0.25, 0.3) is 0 Å². The zero-order valence-corrected chi connectivity index (χ0v) is 14.9. The third-order valence-electron chi connectivity index (χ3n) is 4.85. The van der Waals surface area contributed by atoms with Crippen LogP contribution in [0.4, 0.5) is 5.69 Å². The van der Waals surface area contributed by atoms with Crippen LogP contribution in [0.1, 0.15) is 39.5 Å². The Bertz CT molecular complexity index is 561. The van der Waals surface area contributed by atoms with Crippen molar-refractivity contribution in [3.8, 4) is 5.75 Å². The number of amides is 2. The van der Waals surface area contributed by atoms with Crippen molar-refractivity contribution in [1.29, 1.82) is 0 Å². The van der Waals surface area contributed by atoms with Gasteiger partial charge in [-0.1, -0.05) is 19.9 Å². The summed E-state index contributed by atoms with van der Waals surface area (Å²) in [5.74, 6) is 1.07. The highest BCUT2D eigenvalue weighted by Crippen LogP contribution is 2.23. The lowest BCUT2D eigenvalue weighted by molar-refractivity contribution is -0.138. The number of methoxy groups -OCH3 is 1. The smallest absolute Gasteiger partial charge is 0.227 e. The molecule has 2 amide bonds. The summed E-state index contributed by atoms with van der Waals surface area (Å²) in [7, 11) is 1.60. The standard InChI is InChI=1S/C19H28N2O3/c1-4-14(5-2)19(23)21-11-9-15(10-12-21)18(22)20-16-7-6-8-17(13-16)24-3/h6-8,13-15H,4-5,9-12H2,1-3H3,(H,20,22). The van der Waals surface area contributed by atoms with Gasteiger partial charge in [0.2, 0.25) is 11.8 Å². The maximum Gasteiger partial charge on any atom is 0.227 e. The summed E-state index contributed by atoms with van der Waals surface area (Å²) >= 11 is 0. The van der Waals surface area contributed by atoms with Crippen LogP contribution in [-0.4, -0.2) is 36.9 Å². The fourth-order valence-corrected chi connectivity index (χ4v) is 3.20. The molecule has 5 heteroatoms. The molecule has 1 aliphatic heterocycles. The summed E-state index contributed by atoms with van der Waals surface area (Å²) in [5, 5.41) is 2.95. The number of hydrogen-bond donors (Lipinski definition) is 1. The number of piperidine rings is 1. The highest BCUT2D eigenvalue weighted by atomic mass is 16.5. The van der Waals surface area contributed by atoms with Gasteiger partial charge >= 0.3 is 0 Å². The number of rotatable bonds is 6. The number of benzene rings is 1. The van der Waals surface area contributed by atoms with Crippen LogP contribution in [0.15, 0.2) is 24.3 Å². The van der Waals surface area contributed by atoms with Crippen LogP contribution >= 0.6 is 0 Å². The second-order valence-corrected chi connectivity index (χ2v) is 6.33. The van der Waals surface area contributed by atoms with E-state index in [1.807, 2.05) is 29.2 Å². The molecule has 0 aromatic heterocycles. The molecule has 1 heterocycles. The highest BCUT2D eigenvalue weighted by molar-refractivity contribution is 5.93. The summed E-state index contributed by atoms with van der Waals surface area (Å²) in [6.07, 6.45) is 3.21. The first-order valence-electron chi connectivity index (χ1n) is 8.82. The largest absolute Gasteiger partial charge is 0.497 e. The molecule has 1 aliphatic rings. The average Bonchev–Trinajstić information content (AvgIpc) is 2.63. The second-order valence-electron chi connectivity index (χ2n) is 6.33. The number of anilines is 1. The van der Waals surface area contributed by atoms with Crippen LogP contribution in [0.5, 0.6) is 5.75 Å². The normalized spacial score (nSPS) is 15.4. The van der Waals surface area contributed by atoms with Crippen LogP contribution in [-0.2, 0) is 9.59 Å². The third-order valence-corrected chi connectivity index (χ3v) is 4.85. The van der Waals surface area contributed by atoms with Crippen LogP contribution in [0, 0.1) is 11.8 Å². The number of likely N-dealkylation sites (tertiary alicyclic amines) is 1. The molecule has 0 radical (unpaired) electrons. The van der Waals surface area contributed by atoms with E-state index in [1.165, 1.54) is 0 Å². The maximum atomic E-state index is 12.4. The van der Waals surface area contributed by atoms with Gasteiger partial charge in [-0.25, -0.2) is 0 Å². The number of ether oxygens (including phenoxy) is 1. The van der Waals surface area contributed by atoms with Gasteiger partial charge in [-0.2, -0.15) is 0 Å². The van der Waals surface area contributed by atoms with Gasteiger partial charge in [0.1, 0.15) is 5.75 Å². The number of nitrogens with one attached hydrogen (secondary N) is 1. The summed E-state index contributed by atoms with van der Waals surface area (Å²) in [6.45, 7) is 5.46. The lowest BCUT2D eigenvalue weighted by Gasteiger charge is -2.33. The van der Waals surface area contributed by atoms with E-state index in [4.69, 9.17) is 4.74 Å². The SMILES string of the molecule is CCC(CC)C(=O)N1CCC(C(=O)Nc2cccc(OC)c2)CC1. The van der Waals surface area contributed by atoms with E-state index in [2.05, 4.69) is 19.2 Å². The van der Waals surface area contributed by atoms with E-state index in [-0.39, 0.29) is 23.7 Å². The Morgan fingerprint density at radius 1 is 1.25 bits per heavy atom. The molecule has 0 saturated carbocycles. The van der Waals surface area contributed by atoms with Gasteiger partial charge < -0.3 is 15.0 Å². The fourth-order valence-electron chi connectivity index (χ4n) is 3.20. The first-order chi connectivity index (χ1) is 11.6. The predicted molar refractivity (Wildman–Crippen MR) is 95.0 cm³/mol. The molecular weight excluding hydrogens is 304 g/mol. The van der Waals surface area contributed by atoms with E-state index in [0.717, 1.165) is 37.1 Å². The van der Waals surface area contributed by atoms with E-state index < -0.39 is 0 Å². The molecule has 1 aromatic carbocycles. The average molecular weight is 332 g/mol. The quantitative estimate of drug-likeness (QED) is 0.869. The van der Waals surface area contributed by atoms with Gasteiger partial charge in [-0.15, -0.1) is 0 Å². The first kappa shape index (κ1) is 18.3. The van der Waals surface area contributed by atoms with E-state index in [0.29, 0.717) is 13.1 Å². The van der Waals surface area contributed by atoms with E-state index in [9.17, 15) is 9.59 Å². The van der Waals surface area contributed by atoms with Crippen LogP contribution in [0.2, 0.25) is 0 Å². The highest BCUT2D eigenvalue weighted by Gasteiger charge is 2.29. The molecule has 0 bridgehead atoms. The van der Waals surface area contributed by atoms with Crippen LogP contribution in [0.3, 0.4) is 0 Å². The number of carbonyl (C=O) groups excluding carboxylic acids is 2. The molecule has 0 atom stereocenters. The Morgan fingerprint density at radius 3 is 2.50 bits per heavy atom.